The average molecular weight is 122 g/mol. The molecule has 1 aromatic carbocycles. The van der Waals surface area contributed by atoms with E-state index in [9.17, 15) is 0 Å². The lowest BCUT2D eigenvalue weighted by molar-refractivity contribution is 1.11. The van der Waals surface area contributed by atoms with E-state index >= 15 is 0 Å². The quantitative estimate of drug-likeness (QED) is 0.537. The molecule has 48 valence electrons. The Morgan fingerprint density at radius 1 is 1.56 bits per heavy atom. The van der Waals surface area contributed by atoms with Gasteiger partial charge in [-0.05, 0) is 24.4 Å². The third-order valence-electron chi connectivity index (χ3n) is 1.41. The molecule has 0 N–H and O–H groups in total. The molecular formula is C9H12. The lowest BCUT2D eigenvalue weighted by Crippen LogP contribution is -1.82. The summed E-state index contributed by atoms with van der Waals surface area (Å²) in [4.78, 5) is 0. The van der Waals surface area contributed by atoms with Gasteiger partial charge in [-0.1, -0.05) is 31.2 Å². The van der Waals surface area contributed by atoms with E-state index in [2.05, 4.69) is 0 Å². The lowest BCUT2D eigenvalue weighted by Gasteiger charge is -1.98. The number of rotatable bonds is 1. The molecule has 0 heteroatoms. The summed E-state index contributed by atoms with van der Waals surface area (Å²) < 4.78 is 14.6. The van der Waals surface area contributed by atoms with Crippen molar-refractivity contribution < 1.29 is 2.74 Å². The molecule has 0 bridgehead atoms. The molecular weight excluding hydrogens is 108 g/mol. The Kier molecular flexibility index (Phi) is 1.22. The smallest absolute Gasteiger partial charge is 0.0313 e. The van der Waals surface area contributed by atoms with Gasteiger partial charge < -0.3 is 0 Å². The molecule has 1 unspecified atom stereocenters. The zero-order valence-corrected chi connectivity index (χ0v) is 5.59. The van der Waals surface area contributed by atoms with Gasteiger partial charge >= 0.3 is 0 Å². The summed E-state index contributed by atoms with van der Waals surface area (Å²) in [6, 6.07) is 7.77. The molecule has 0 heterocycles. The Labute approximate surface area is 59.3 Å². The first kappa shape index (κ1) is 4.10. The molecule has 0 spiro atoms. The molecule has 1 atom stereocenters. The molecule has 1 rings (SSSR count). The highest BCUT2D eigenvalue weighted by Gasteiger charge is 1.89. The van der Waals surface area contributed by atoms with E-state index < -0.39 is 0 Å². The van der Waals surface area contributed by atoms with Crippen LogP contribution < -0.4 is 0 Å². The van der Waals surface area contributed by atoms with Crippen molar-refractivity contribution in [2.45, 2.75) is 20.2 Å². The summed E-state index contributed by atoms with van der Waals surface area (Å²) >= 11 is 0. The Balaban J connectivity index is 2.93. The highest BCUT2D eigenvalue weighted by molar-refractivity contribution is 5.24. The summed E-state index contributed by atoms with van der Waals surface area (Å²) in [5.74, 6) is 0. The maximum Gasteiger partial charge on any atom is 0.0313 e. The molecule has 0 saturated carbocycles. The van der Waals surface area contributed by atoms with Crippen LogP contribution in [0.5, 0.6) is 0 Å². The number of hydrogen-bond donors (Lipinski definition) is 0. The van der Waals surface area contributed by atoms with Gasteiger partial charge in [-0.3, -0.25) is 0 Å². The van der Waals surface area contributed by atoms with Crippen LogP contribution in [0.15, 0.2) is 24.3 Å². The Hall–Kier alpha value is -0.780. The molecule has 0 nitrogen and oxygen atoms in total. The molecule has 0 aliphatic heterocycles. The van der Waals surface area contributed by atoms with Gasteiger partial charge in [0, 0.05) is 2.74 Å². The first-order valence-corrected chi connectivity index (χ1v) is 3.02. The number of benzene rings is 1. The molecule has 0 saturated heterocycles. The minimum Gasteiger partial charge on any atom is -0.0620 e. The van der Waals surface area contributed by atoms with Crippen molar-refractivity contribution in [3.8, 4) is 0 Å². The van der Waals surface area contributed by atoms with Crippen LogP contribution in [0.4, 0.5) is 0 Å². The maximum atomic E-state index is 7.52. The van der Waals surface area contributed by atoms with Crippen molar-refractivity contribution in [3.05, 3.63) is 35.4 Å². The minimum absolute atomic E-state index is 0.144. The molecule has 0 aliphatic carbocycles. The van der Waals surface area contributed by atoms with Crippen LogP contribution in [0.3, 0.4) is 0 Å². The summed E-state index contributed by atoms with van der Waals surface area (Å²) in [6.07, 6.45) is -0.379. The molecule has 0 fully saturated rings. The molecule has 0 radical (unpaired) electrons. The first-order chi connectivity index (χ1) is 5.25. The topological polar surface area (TPSA) is 0 Å². The van der Waals surface area contributed by atoms with Gasteiger partial charge in [-0.15, -0.1) is 0 Å². The van der Waals surface area contributed by atoms with Crippen LogP contribution in [0.25, 0.3) is 0 Å². The second kappa shape index (κ2) is 2.67. The van der Waals surface area contributed by atoms with Crippen molar-refractivity contribution in [2.75, 3.05) is 0 Å². The van der Waals surface area contributed by atoms with Crippen LogP contribution in [0.2, 0.25) is 0 Å². The maximum absolute atomic E-state index is 7.52. The van der Waals surface area contributed by atoms with E-state index in [1.54, 1.807) is 0 Å². The zero-order valence-electron chi connectivity index (χ0n) is 7.59. The predicted octanol–water partition coefficient (Wildman–Crippen LogP) is 2.56. The van der Waals surface area contributed by atoms with E-state index in [0.717, 1.165) is 11.1 Å². The summed E-state index contributed by atoms with van der Waals surface area (Å²) in [6.45, 7) is 2.12. The van der Waals surface area contributed by atoms with Gasteiger partial charge in [0.2, 0.25) is 0 Å². The van der Waals surface area contributed by atoms with Gasteiger partial charge in [-0.2, -0.15) is 0 Å². The second-order valence-electron chi connectivity index (χ2n) is 2.06. The SMILES string of the molecule is [2H]CC([2H])c1ccccc1C. The highest BCUT2D eigenvalue weighted by atomic mass is 13.9. The van der Waals surface area contributed by atoms with Crippen molar-refractivity contribution in [1.82, 2.24) is 0 Å². The van der Waals surface area contributed by atoms with Gasteiger partial charge in [0.1, 0.15) is 0 Å². The lowest BCUT2D eigenvalue weighted by atomic mass is 10.1. The minimum atomic E-state index is -0.379. The Morgan fingerprint density at radius 3 is 3.00 bits per heavy atom. The van der Waals surface area contributed by atoms with Crippen LogP contribution in [0, 0.1) is 6.92 Å². The van der Waals surface area contributed by atoms with Crippen LogP contribution in [-0.2, 0) is 6.40 Å². The van der Waals surface area contributed by atoms with Crippen LogP contribution in [-0.4, -0.2) is 0 Å². The fraction of sp³-hybridized carbons (Fsp3) is 0.333. The second-order valence-corrected chi connectivity index (χ2v) is 2.06. The monoisotopic (exact) mass is 122 g/mol. The van der Waals surface area contributed by atoms with E-state index in [-0.39, 0.29) is 13.3 Å². The van der Waals surface area contributed by atoms with Gasteiger partial charge in [0.25, 0.3) is 0 Å². The van der Waals surface area contributed by atoms with Crippen LogP contribution >= 0.6 is 0 Å². The molecule has 0 aromatic heterocycles. The predicted molar refractivity (Wildman–Crippen MR) is 40.6 cm³/mol. The van der Waals surface area contributed by atoms with E-state index in [1.807, 2.05) is 31.2 Å². The number of aryl methyl sites for hydroxylation is 2. The van der Waals surface area contributed by atoms with Gasteiger partial charge in [0.15, 0.2) is 0 Å². The molecule has 1 aromatic rings. The standard InChI is InChI=1S/C9H12/c1-3-9-7-5-4-6-8(9)2/h4-7H,3H2,1-2H3/i1D,3D. The Morgan fingerprint density at radius 2 is 2.33 bits per heavy atom. The summed E-state index contributed by atoms with van der Waals surface area (Å²) in [5, 5.41) is 0. The molecule has 0 amide bonds. The van der Waals surface area contributed by atoms with Crippen molar-refractivity contribution >= 4 is 0 Å². The highest BCUT2D eigenvalue weighted by Crippen LogP contribution is 2.06. The third-order valence-corrected chi connectivity index (χ3v) is 1.41. The zero-order chi connectivity index (χ0) is 8.27. The van der Waals surface area contributed by atoms with E-state index in [1.165, 1.54) is 0 Å². The van der Waals surface area contributed by atoms with E-state index in [0.29, 0.717) is 0 Å². The normalized spacial score (nSPS) is 16.1. The third kappa shape index (κ3) is 1.32. The fourth-order valence-corrected chi connectivity index (χ4v) is 0.816. The van der Waals surface area contributed by atoms with Crippen molar-refractivity contribution in [2.24, 2.45) is 0 Å². The molecule has 9 heavy (non-hydrogen) atoms. The van der Waals surface area contributed by atoms with Crippen LogP contribution in [0.1, 0.15) is 20.8 Å². The average Bonchev–Trinajstić information content (AvgIpc) is 2.04. The van der Waals surface area contributed by atoms with Gasteiger partial charge in [-0.25, -0.2) is 0 Å². The number of hydrogen-bond acceptors (Lipinski definition) is 0. The van der Waals surface area contributed by atoms with E-state index in [4.69, 9.17) is 2.74 Å². The molecule has 0 aliphatic rings. The first-order valence-electron chi connectivity index (χ1n) is 4.31. The fourth-order valence-electron chi connectivity index (χ4n) is 0.816. The Bertz CT molecular complexity index is 233. The summed E-state index contributed by atoms with van der Waals surface area (Å²) in [5.41, 5.74) is 2.09. The van der Waals surface area contributed by atoms with Crippen molar-refractivity contribution in [3.63, 3.8) is 0 Å². The summed E-state index contributed by atoms with van der Waals surface area (Å²) in [7, 11) is 0. The van der Waals surface area contributed by atoms with Crippen molar-refractivity contribution in [1.29, 1.82) is 0 Å². The van der Waals surface area contributed by atoms with Gasteiger partial charge in [0.05, 0.1) is 0 Å². The largest absolute Gasteiger partial charge is 0.0620 e.